The summed E-state index contributed by atoms with van der Waals surface area (Å²) in [6.45, 7) is 4.61. The molecule has 0 unspecified atom stereocenters. The van der Waals surface area contributed by atoms with E-state index in [2.05, 4.69) is 127 Å². The number of hydrogen-bond donors (Lipinski definition) is 0. The minimum absolute atomic E-state index is 0.104. The third kappa shape index (κ3) is 3.39. The monoisotopic (exact) mass is 463 g/mol. The number of rotatable bonds is 3. The summed E-state index contributed by atoms with van der Waals surface area (Å²) >= 11 is 0. The second-order valence-electron chi connectivity index (χ2n) is 9.63. The first-order chi connectivity index (χ1) is 17.6. The van der Waals surface area contributed by atoms with Crippen LogP contribution in [0.2, 0.25) is 0 Å². The summed E-state index contributed by atoms with van der Waals surface area (Å²) in [7, 11) is 0. The maximum atomic E-state index is 9.61. The van der Waals surface area contributed by atoms with Crippen molar-refractivity contribution in [2.24, 2.45) is 0 Å². The van der Waals surface area contributed by atoms with Crippen molar-refractivity contribution >= 4 is 17.1 Å². The number of para-hydroxylation sites is 3. The third-order valence-electron chi connectivity index (χ3n) is 7.21. The Balaban J connectivity index is 1.57. The van der Waals surface area contributed by atoms with Crippen molar-refractivity contribution in [3.05, 3.63) is 132 Å². The molecule has 0 atom stereocenters. The van der Waals surface area contributed by atoms with E-state index in [-0.39, 0.29) is 5.41 Å². The molecule has 1 aliphatic heterocycles. The highest BCUT2D eigenvalue weighted by atomic mass is 15.2. The lowest BCUT2D eigenvalue weighted by atomic mass is 9.73. The van der Waals surface area contributed by atoms with E-state index in [1.54, 1.807) is 12.4 Å². The van der Waals surface area contributed by atoms with Gasteiger partial charge in [-0.15, -0.1) is 0 Å². The van der Waals surface area contributed by atoms with E-state index >= 15 is 0 Å². The fourth-order valence-electron chi connectivity index (χ4n) is 5.43. The Morgan fingerprint density at radius 1 is 0.667 bits per heavy atom. The van der Waals surface area contributed by atoms with Gasteiger partial charge in [-0.25, -0.2) is 0 Å². The molecular weight excluding hydrogens is 438 g/mol. The van der Waals surface area contributed by atoms with Gasteiger partial charge in [0, 0.05) is 28.9 Å². The maximum absolute atomic E-state index is 9.61. The van der Waals surface area contributed by atoms with Crippen LogP contribution in [0.4, 0.5) is 17.1 Å². The number of fused-ring (bicyclic) bond motifs is 2. The van der Waals surface area contributed by atoms with Crippen LogP contribution in [0.3, 0.4) is 0 Å². The number of anilines is 3. The molecule has 0 spiro atoms. The Morgan fingerprint density at radius 3 is 1.92 bits per heavy atom. The average molecular weight is 464 g/mol. The van der Waals surface area contributed by atoms with Crippen molar-refractivity contribution in [3.63, 3.8) is 0 Å². The van der Waals surface area contributed by atoms with Crippen LogP contribution >= 0.6 is 0 Å². The number of benzene rings is 4. The maximum Gasteiger partial charge on any atom is 0.101 e. The molecule has 1 aromatic heterocycles. The fraction of sp³-hybridized carbons (Fsp3) is 0.0909. The van der Waals surface area contributed by atoms with Crippen LogP contribution in [0.25, 0.3) is 22.3 Å². The molecule has 3 heteroatoms. The summed E-state index contributed by atoms with van der Waals surface area (Å²) in [6, 6.07) is 38.6. The first-order valence-electron chi connectivity index (χ1n) is 12.1. The van der Waals surface area contributed by atoms with Crippen LogP contribution < -0.4 is 4.90 Å². The van der Waals surface area contributed by atoms with Crippen LogP contribution in [0, 0.1) is 11.3 Å². The Bertz CT molecular complexity index is 1590. The number of hydrogen-bond acceptors (Lipinski definition) is 3. The second-order valence-corrected chi connectivity index (χ2v) is 9.63. The average Bonchev–Trinajstić information content (AvgIpc) is 2.94. The van der Waals surface area contributed by atoms with Gasteiger partial charge in [-0.1, -0.05) is 86.6 Å². The number of nitrogens with zero attached hydrogens (tertiary/aromatic N) is 3. The Kier molecular flexibility index (Phi) is 5.16. The van der Waals surface area contributed by atoms with Crippen molar-refractivity contribution in [2.75, 3.05) is 4.90 Å². The van der Waals surface area contributed by atoms with Gasteiger partial charge in [-0.3, -0.25) is 4.98 Å². The molecule has 6 rings (SSSR count). The van der Waals surface area contributed by atoms with E-state index in [4.69, 9.17) is 0 Å². The second kappa shape index (κ2) is 8.52. The van der Waals surface area contributed by atoms with Gasteiger partial charge in [-0.2, -0.15) is 5.26 Å². The van der Waals surface area contributed by atoms with E-state index in [0.29, 0.717) is 5.56 Å². The SMILES string of the molecule is CC1(C)c2ccccc2N(c2ccccc2-c2cccc(-c3ccncc3C#N)c2)c2ccccc21. The molecule has 0 bridgehead atoms. The van der Waals surface area contributed by atoms with Gasteiger partial charge in [0.2, 0.25) is 0 Å². The molecule has 3 nitrogen and oxygen atoms in total. The highest BCUT2D eigenvalue weighted by molar-refractivity contribution is 5.93. The smallest absolute Gasteiger partial charge is 0.101 e. The zero-order valence-electron chi connectivity index (χ0n) is 20.3. The van der Waals surface area contributed by atoms with Crippen molar-refractivity contribution in [2.45, 2.75) is 19.3 Å². The van der Waals surface area contributed by atoms with E-state index in [0.717, 1.165) is 27.9 Å². The molecule has 0 radical (unpaired) electrons. The van der Waals surface area contributed by atoms with Crippen molar-refractivity contribution in [3.8, 4) is 28.3 Å². The number of pyridine rings is 1. The highest BCUT2D eigenvalue weighted by Gasteiger charge is 2.36. The van der Waals surface area contributed by atoms with Crippen molar-refractivity contribution in [1.29, 1.82) is 5.26 Å². The predicted octanol–water partition coefficient (Wildman–Crippen LogP) is 8.40. The van der Waals surface area contributed by atoms with E-state index in [1.807, 2.05) is 6.07 Å². The zero-order chi connectivity index (χ0) is 24.7. The highest BCUT2D eigenvalue weighted by Crippen LogP contribution is 2.53. The lowest BCUT2D eigenvalue weighted by molar-refractivity contribution is 0.632. The zero-order valence-corrected chi connectivity index (χ0v) is 20.3. The summed E-state index contributed by atoms with van der Waals surface area (Å²) in [6.07, 6.45) is 3.36. The molecule has 0 amide bonds. The molecule has 2 heterocycles. The number of aromatic nitrogens is 1. The fourth-order valence-corrected chi connectivity index (χ4v) is 5.43. The molecule has 0 N–H and O–H groups in total. The molecule has 0 saturated carbocycles. The minimum atomic E-state index is -0.104. The standard InChI is InChI=1S/C33H25N3/c1-33(2)28-13-4-7-16-31(28)36(32-17-8-5-14-29(32)33)30-15-6-3-12-27(30)24-11-9-10-23(20-24)26-18-19-35-22-25(26)21-34/h3-20,22H,1-2H3. The molecule has 36 heavy (non-hydrogen) atoms. The van der Waals surface area contributed by atoms with Crippen LogP contribution in [-0.4, -0.2) is 4.98 Å². The van der Waals surface area contributed by atoms with Gasteiger partial charge >= 0.3 is 0 Å². The largest absolute Gasteiger partial charge is 0.309 e. The summed E-state index contributed by atoms with van der Waals surface area (Å²) in [5, 5.41) is 9.61. The van der Waals surface area contributed by atoms with Crippen molar-refractivity contribution < 1.29 is 0 Å². The number of nitriles is 1. The first-order valence-corrected chi connectivity index (χ1v) is 12.1. The molecule has 172 valence electrons. The summed E-state index contributed by atoms with van der Waals surface area (Å²) in [5.41, 5.74) is 10.7. The normalized spacial score (nSPS) is 13.4. The molecule has 1 aliphatic rings. The van der Waals surface area contributed by atoms with Gasteiger partial charge < -0.3 is 4.90 Å². The lowest BCUT2D eigenvalue weighted by Gasteiger charge is -2.42. The van der Waals surface area contributed by atoms with Crippen molar-refractivity contribution in [1.82, 2.24) is 4.98 Å². The molecule has 0 saturated heterocycles. The summed E-state index contributed by atoms with van der Waals surface area (Å²) < 4.78 is 0. The Morgan fingerprint density at radius 2 is 1.25 bits per heavy atom. The molecule has 4 aromatic carbocycles. The quantitative estimate of drug-likeness (QED) is 0.270. The van der Waals surface area contributed by atoms with Gasteiger partial charge in [-0.05, 0) is 52.6 Å². The summed E-state index contributed by atoms with van der Waals surface area (Å²) in [4.78, 5) is 6.52. The van der Waals surface area contributed by atoms with E-state index < -0.39 is 0 Å². The van der Waals surface area contributed by atoms with Crippen LogP contribution in [0.1, 0.15) is 30.5 Å². The lowest BCUT2D eigenvalue weighted by Crippen LogP contribution is -2.30. The Labute approximate surface area is 211 Å². The van der Waals surface area contributed by atoms with Gasteiger partial charge in [0.25, 0.3) is 0 Å². The van der Waals surface area contributed by atoms with Crippen LogP contribution in [0.5, 0.6) is 0 Å². The first kappa shape index (κ1) is 21.8. The van der Waals surface area contributed by atoms with Crippen LogP contribution in [-0.2, 0) is 5.41 Å². The van der Waals surface area contributed by atoms with Gasteiger partial charge in [0.15, 0.2) is 0 Å². The van der Waals surface area contributed by atoms with Gasteiger partial charge in [0.1, 0.15) is 6.07 Å². The van der Waals surface area contributed by atoms with Crippen LogP contribution in [0.15, 0.2) is 116 Å². The predicted molar refractivity (Wildman–Crippen MR) is 147 cm³/mol. The third-order valence-corrected chi connectivity index (χ3v) is 7.21. The summed E-state index contributed by atoms with van der Waals surface area (Å²) in [5.74, 6) is 0. The molecule has 5 aromatic rings. The topological polar surface area (TPSA) is 39.9 Å². The molecular formula is C33H25N3. The van der Waals surface area contributed by atoms with E-state index in [1.165, 1.54) is 22.5 Å². The minimum Gasteiger partial charge on any atom is -0.309 e. The Hall–Kier alpha value is -4.68. The van der Waals surface area contributed by atoms with E-state index in [9.17, 15) is 5.26 Å². The molecule has 0 fully saturated rings. The van der Waals surface area contributed by atoms with Gasteiger partial charge in [0.05, 0.1) is 22.6 Å². The molecule has 0 aliphatic carbocycles.